The van der Waals surface area contributed by atoms with Crippen molar-refractivity contribution in [1.29, 1.82) is 0 Å². The van der Waals surface area contributed by atoms with Gasteiger partial charge in [0.05, 0.1) is 11.8 Å². The molecule has 0 aliphatic heterocycles. The molecular weight excluding hydrogens is 221 g/mol. The average molecular weight is 233 g/mol. The number of rotatable bonds is 2. The zero-order valence-electron chi connectivity index (χ0n) is 9.87. The second-order valence-electron chi connectivity index (χ2n) is 3.94. The second kappa shape index (κ2) is 4.13. The normalized spacial score (nSPS) is 10.6. The fourth-order valence-electron chi connectivity index (χ4n) is 1.81. The number of nitrogens with zero attached hydrogens (tertiary/aromatic N) is 1. The molecule has 0 atom stereocenters. The summed E-state index contributed by atoms with van der Waals surface area (Å²) in [6.07, 6.45) is 2.42. The van der Waals surface area contributed by atoms with Gasteiger partial charge < -0.3 is 4.42 Å². The summed E-state index contributed by atoms with van der Waals surface area (Å²) >= 11 is 0. The molecule has 0 aromatic carbocycles. The van der Waals surface area contributed by atoms with E-state index in [4.69, 9.17) is 4.42 Å². The van der Waals surface area contributed by atoms with E-state index in [1.54, 1.807) is 13.8 Å². The Balaban J connectivity index is 2.51. The summed E-state index contributed by atoms with van der Waals surface area (Å²) in [7, 11) is 0. The number of furan rings is 1. The highest BCUT2D eigenvalue weighted by atomic mass is 19.1. The largest absolute Gasteiger partial charge is 0.466 e. The molecule has 2 rings (SSSR count). The molecule has 0 aliphatic rings. The van der Waals surface area contributed by atoms with E-state index in [-0.39, 0.29) is 11.3 Å². The van der Waals surface area contributed by atoms with E-state index in [1.807, 2.05) is 6.92 Å². The van der Waals surface area contributed by atoms with Crippen LogP contribution in [0.5, 0.6) is 0 Å². The molecule has 0 N–H and O–H groups in total. The third kappa shape index (κ3) is 1.98. The summed E-state index contributed by atoms with van der Waals surface area (Å²) in [5.74, 6) is 0.472. The summed E-state index contributed by atoms with van der Waals surface area (Å²) in [5, 5.41) is 0. The van der Waals surface area contributed by atoms with E-state index >= 15 is 0 Å². The Bertz CT molecular complexity index is 587. The van der Waals surface area contributed by atoms with Gasteiger partial charge >= 0.3 is 0 Å². The Kier molecular flexibility index (Phi) is 2.79. The Morgan fingerprint density at radius 1 is 1.24 bits per heavy atom. The van der Waals surface area contributed by atoms with Gasteiger partial charge in [-0.25, -0.2) is 4.39 Å². The molecule has 2 heterocycles. The lowest BCUT2D eigenvalue weighted by Crippen LogP contribution is -2.04. The first kappa shape index (κ1) is 11.5. The fraction of sp³-hybridized carbons (Fsp3) is 0.231. The van der Waals surface area contributed by atoms with Crippen LogP contribution in [0.4, 0.5) is 4.39 Å². The molecule has 0 spiro atoms. The maximum absolute atomic E-state index is 13.0. The Labute approximate surface area is 98.3 Å². The molecule has 0 fully saturated rings. The molecule has 0 amide bonds. The summed E-state index contributed by atoms with van der Waals surface area (Å²) in [6, 6.07) is 1.18. The smallest absolute Gasteiger partial charge is 0.198 e. The molecule has 0 unspecified atom stereocenters. The van der Waals surface area contributed by atoms with Crippen LogP contribution in [0.3, 0.4) is 0 Å². The number of carbonyl (C=O) groups excluding carboxylic acids is 1. The lowest BCUT2D eigenvalue weighted by Gasteiger charge is -2.00. The van der Waals surface area contributed by atoms with E-state index < -0.39 is 5.82 Å². The predicted molar refractivity (Wildman–Crippen MR) is 60.5 cm³/mol. The molecule has 2 aromatic rings. The van der Waals surface area contributed by atoms with E-state index in [1.165, 1.54) is 12.3 Å². The SMILES string of the molecule is Cc1oc(C)c(C(=O)c2cncc(F)c2)c1C. The molecule has 0 aliphatic carbocycles. The lowest BCUT2D eigenvalue weighted by molar-refractivity contribution is 0.103. The summed E-state index contributed by atoms with van der Waals surface area (Å²) in [5.41, 5.74) is 1.52. The van der Waals surface area contributed by atoms with Crippen molar-refractivity contribution in [1.82, 2.24) is 4.98 Å². The topological polar surface area (TPSA) is 43.1 Å². The maximum atomic E-state index is 13.0. The highest BCUT2D eigenvalue weighted by molar-refractivity contribution is 6.10. The number of halogens is 1. The molecule has 0 bridgehead atoms. The van der Waals surface area contributed by atoms with Crippen molar-refractivity contribution < 1.29 is 13.6 Å². The van der Waals surface area contributed by atoms with Crippen molar-refractivity contribution in [3.8, 4) is 0 Å². The minimum atomic E-state index is -0.522. The third-order valence-corrected chi connectivity index (χ3v) is 2.76. The van der Waals surface area contributed by atoms with E-state index in [0.29, 0.717) is 17.1 Å². The Hall–Kier alpha value is -1.97. The van der Waals surface area contributed by atoms with Crippen LogP contribution < -0.4 is 0 Å². The van der Waals surface area contributed by atoms with Gasteiger partial charge in [0, 0.05) is 17.3 Å². The molecule has 3 nitrogen and oxygen atoms in total. The molecular formula is C13H12FNO2. The van der Waals surface area contributed by atoms with Crippen LogP contribution in [0, 0.1) is 26.6 Å². The van der Waals surface area contributed by atoms with Crippen LogP contribution in [-0.4, -0.2) is 10.8 Å². The van der Waals surface area contributed by atoms with Crippen LogP contribution in [-0.2, 0) is 0 Å². The number of aryl methyl sites for hydroxylation is 2. The first-order valence-corrected chi connectivity index (χ1v) is 5.22. The number of carbonyl (C=O) groups is 1. The quantitative estimate of drug-likeness (QED) is 0.749. The monoisotopic (exact) mass is 233 g/mol. The highest BCUT2D eigenvalue weighted by Crippen LogP contribution is 2.23. The second-order valence-corrected chi connectivity index (χ2v) is 3.94. The molecule has 88 valence electrons. The van der Waals surface area contributed by atoms with E-state index in [0.717, 1.165) is 11.8 Å². The van der Waals surface area contributed by atoms with Crippen molar-refractivity contribution in [2.75, 3.05) is 0 Å². The van der Waals surface area contributed by atoms with Crippen molar-refractivity contribution in [2.24, 2.45) is 0 Å². The lowest BCUT2D eigenvalue weighted by atomic mass is 10.0. The molecule has 0 saturated heterocycles. The number of ketones is 1. The number of aromatic nitrogens is 1. The van der Waals surface area contributed by atoms with Gasteiger partial charge in [0.15, 0.2) is 5.78 Å². The van der Waals surface area contributed by atoms with Crippen molar-refractivity contribution >= 4 is 5.78 Å². The van der Waals surface area contributed by atoms with Crippen molar-refractivity contribution in [2.45, 2.75) is 20.8 Å². The van der Waals surface area contributed by atoms with Crippen LogP contribution in [0.25, 0.3) is 0 Å². The molecule has 0 radical (unpaired) electrons. The number of hydrogen-bond donors (Lipinski definition) is 0. The highest BCUT2D eigenvalue weighted by Gasteiger charge is 2.20. The van der Waals surface area contributed by atoms with Gasteiger partial charge in [-0.3, -0.25) is 9.78 Å². The molecule has 2 aromatic heterocycles. The number of pyridine rings is 1. The third-order valence-electron chi connectivity index (χ3n) is 2.76. The van der Waals surface area contributed by atoms with Crippen LogP contribution in [0.15, 0.2) is 22.9 Å². The van der Waals surface area contributed by atoms with Crippen molar-refractivity contribution in [3.05, 3.63) is 52.5 Å². The zero-order chi connectivity index (χ0) is 12.6. The molecule has 0 saturated carbocycles. The van der Waals surface area contributed by atoms with Gasteiger partial charge in [-0.2, -0.15) is 0 Å². The Morgan fingerprint density at radius 3 is 2.47 bits per heavy atom. The van der Waals surface area contributed by atoms with Gasteiger partial charge in [-0.1, -0.05) is 0 Å². The predicted octanol–water partition coefficient (Wildman–Crippen LogP) is 2.97. The summed E-state index contributed by atoms with van der Waals surface area (Å²) in [6.45, 7) is 5.33. The van der Waals surface area contributed by atoms with E-state index in [9.17, 15) is 9.18 Å². The van der Waals surface area contributed by atoms with Crippen molar-refractivity contribution in [3.63, 3.8) is 0 Å². The van der Waals surface area contributed by atoms with Gasteiger partial charge in [-0.15, -0.1) is 0 Å². The van der Waals surface area contributed by atoms with E-state index in [2.05, 4.69) is 4.98 Å². The summed E-state index contributed by atoms with van der Waals surface area (Å²) in [4.78, 5) is 15.9. The summed E-state index contributed by atoms with van der Waals surface area (Å²) < 4.78 is 18.4. The number of hydrogen-bond acceptors (Lipinski definition) is 3. The maximum Gasteiger partial charge on any atom is 0.198 e. The minimum absolute atomic E-state index is 0.233. The molecule has 4 heteroatoms. The van der Waals surface area contributed by atoms with Gasteiger partial charge in [-0.05, 0) is 26.8 Å². The average Bonchev–Trinajstić information content (AvgIpc) is 2.52. The van der Waals surface area contributed by atoms with Crippen LogP contribution >= 0.6 is 0 Å². The fourth-order valence-corrected chi connectivity index (χ4v) is 1.81. The first-order valence-electron chi connectivity index (χ1n) is 5.22. The van der Waals surface area contributed by atoms with Gasteiger partial charge in [0.1, 0.15) is 17.3 Å². The first-order chi connectivity index (χ1) is 8.00. The molecule has 17 heavy (non-hydrogen) atoms. The zero-order valence-corrected chi connectivity index (χ0v) is 9.87. The Morgan fingerprint density at radius 2 is 1.94 bits per heavy atom. The van der Waals surface area contributed by atoms with Gasteiger partial charge in [0.25, 0.3) is 0 Å². The van der Waals surface area contributed by atoms with Gasteiger partial charge in [0.2, 0.25) is 0 Å². The standard InChI is InChI=1S/C13H12FNO2/c1-7-8(2)17-9(3)12(7)13(16)10-4-11(14)6-15-5-10/h4-6H,1-3H3. The van der Waals surface area contributed by atoms with Crippen LogP contribution in [0.1, 0.15) is 33.0 Å². The van der Waals surface area contributed by atoms with Crippen LogP contribution in [0.2, 0.25) is 0 Å². The minimum Gasteiger partial charge on any atom is -0.466 e.